The number of ether oxygens (including phenoxy) is 2. The fraction of sp³-hybridized carbons (Fsp3) is 0.889. The van der Waals surface area contributed by atoms with E-state index in [1.165, 1.54) is 0 Å². The average Bonchev–Trinajstić information content (AvgIpc) is 2.28. The normalized spacial score (nSPS) is 39.8. The van der Waals surface area contributed by atoms with Gasteiger partial charge in [-0.15, -0.1) is 0 Å². The topological polar surface area (TPSA) is 116 Å². The molecule has 100 valence electrons. The van der Waals surface area contributed by atoms with Gasteiger partial charge in [-0.2, -0.15) is 0 Å². The Morgan fingerprint density at radius 3 is 2.41 bits per heavy atom. The molecular weight excluding hydrogens is 239 g/mol. The van der Waals surface area contributed by atoms with Crippen LogP contribution in [0.4, 0.5) is 4.39 Å². The highest BCUT2D eigenvalue weighted by Gasteiger charge is 2.46. The van der Waals surface area contributed by atoms with E-state index in [0.717, 1.165) is 6.92 Å². The Balaban J connectivity index is 2.60. The molecule has 0 spiro atoms. The number of aliphatic hydroxyl groups is 4. The van der Waals surface area contributed by atoms with Crippen molar-refractivity contribution in [3.05, 3.63) is 0 Å². The number of halogens is 1. The molecule has 17 heavy (non-hydrogen) atoms. The van der Waals surface area contributed by atoms with Crippen molar-refractivity contribution < 1.29 is 39.1 Å². The summed E-state index contributed by atoms with van der Waals surface area (Å²) in [6.07, 6.45) is -10.5. The van der Waals surface area contributed by atoms with Crippen molar-refractivity contribution in [1.82, 2.24) is 0 Å². The molecular formula is C9H15FO7. The maximum Gasteiger partial charge on any atom is 0.302 e. The van der Waals surface area contributed by atoms with Crippen LogP contribution in [0.3, 0.4) is 0 Å². The molecule has 0 aromatic heterocycles. The van der Waals surface area contributed by atoms with Gasteiger partial charge < -0.3 is 29.9 Å². The van der Waals surface area contributed by atoms with Crippen LogP contribution in [0.1, 0.15) is 6.92 Å². The van der Waals surface area contributed by atoms with E-state index in [4.69, 9.17) is 10.2 Å². The molecule has 0 aliphatic carbocycles. The number of hydrogen-bond acceptors (Lipinski definition) is 7. The molecule has 1 aliphatic rings. The standard InChI is InChI=1S/C9H15FO7/c1-3(11)16-2-4(10)8-6(13)5(12)7(14)9(15)17-8/h4-9,12-15H,2H2,1H3/t4-,5-,6-,7-,8+,9?/m0/s1. The van der Waals surface area contributed by atoms with Gasteiger partial charge in [0, 0.05) is 6.92 Å². The molecule has 7 nitrogen and oxygen atoms in total. The molecule has 1 unspecified atom stereocenters. The molecule has 0 bridgehead atoms. The minimum atomic E-state index is -1.93. The van der Waals surface area contributed by atoms with Gasteiger partial charge in [0.25, 0.3) is 0 Å². The van der Waals surface area contributed by atoms with Gasteiger partial charge in [0.15, 0.2) is 12.5 Å². The smallest absolute Gasteiger partial charge is 0.302 e. The van der Waals surface area contributed by atoms with E-state index < -0.39 is 49.5 Å². The van der Waals surface area contributed by atoms with E-state index in [1.807, 2.05) is 0 Å². The molecule has 0 aromatic carbocycles. The van der Waals surface area contributed by atoms with E-state index >= 15 is 0 Å². The molecule has 0 amide bonds. The summed E-state index contributed by atoms with van der Waals surface area (Å²) >= 11 is 0. The third-order valence-electron chi connectivity index (χ3n) is 2.43. The SMILES string of the molecule is CC(=O)OC[C@H](F)[C@H]1OC(O)[C@@H](O)[C@@H](O)[C@@H]1O. The first-order valence-corrected chi connectivity index (χ1v) is 4.99. The number of carbonyl (C=O) groups is 1. The second kappa shape index (κ2) is 5.69. The maximum atomic E-state index is 13.5. The highest BCUT2D eigenvalue weighted by molar-refractivity contribution is 5.65. The van der Waals surface area contributed by atoms with Gasteiger partial charge in [-0.3, -0.25) is 4.79 Å². The number of aliphatic hydroxyl groups excluding tert-OH is 4. The van der Waals surface area contributed by atoms with Crippen LogP contribution in [0.5, 0.6) is 0 Å². The zero-order valence-corrected chi connectivity index (χ0v) is 9.06. The van der Waals surface area contributed by atoms with Crippen LogP contribution < -0.4 is 0 Å². The molecule has 0 saturated carbocycles. The Morgan fingerprint density at radius 2 is 1.88 bits per heavy atom. The maximum absolute atomic E-state index is 13.5. The summed E-state index contributed by atoms with van der Waals surface area (Å²) in [7, 11) is 0. The van der Waals surface area contributed by atoms with Crippen LogP contribution in [-0.2, 0) is 14.3 Å². The van der Waals surface area contributed by atoms with Crippen molar-refractivity contribution in [2.24, 2.45) is 0 Å². The fourth-order valence-electron chi connectivity index (χ4n) is 1.48. The average molecular weight is 254 g/mol. The minimum absolute atomic E-state index is 0.674. The molecule has 0 aromatic rings. The fourth-order valence-corrected chi connectivity index (χ4v) is 1.48. The third kappa shape index (κ3) is 3.33. The van der Waals surface area contributed by atoms with E-state index in [1.54, 1.807) is 0 Å². The van der Waals surface area contributed by atoms with Gasteiger partial charge in [-0.1, -0.05) is 0 Å². The number of esters is 1. The number of alkyl halides is 1. The molecule has 1 rings (SSSR count). The first kappa shape index (κ1) is 14.3. The summed E-state index contributed by atoms with van der Waals surface area (Å²) in [5.41, 5.74) is 0. The third-order valence-corrected chi connectivity index (χ3v) is 2.43. The molecule has 8 heteroatoms. The highest BCUT2D eigenvalue weighted by atomic mass is 19.1. The van der Waals surface area contributed by atoms with Crippen LogP contribution in [-0.4, -0.2) is 69.9 Å². The predicted molar refractivity (Wildman–Crippen MR) is 50.4 cm³/mol. The van der Waals surface area contributed by atoms with Crippen LogP contribution >= 0.6 is 0 Å². The predicted octanol–water partition coefficient (Wildman–Crippen LogP) is -2.31. The number of rotatable bonds is 3. The van der Waals surface area contributed by atoms with Gasteiger partial charge in [0.05, 0.1) is 0 Å². The van der Waals surface area contributed by atoms with Gasteiger partial charge >= 0.3 is 5.97 Å². The largest absolute Gasteiger partial charge is 0.463 e. The molecule has 1 heterocycles. The lowest BCUT2D eigenvalue weighted by atomic mass is 9.96. The Morgan fingerprint density at radius 1 is 1.29 bits per heavy atom. The monoisotopic (exact) mass is 254 g/mol. The molecule has 4 N–H and O–H groups in total. The van der Waals surface area contributed by atoms with E-state index in [2.05, 4.69) is 9.47 Å². The summed E-state index contributed by atoms with van der Waals surface area (Å²) in [6, 6.07) is 0. The number of carbonyl (C=O) groups excluding carboxylic acids is 1. The van der Waals surface area contributed by atoms with Crippen molar-refractivity contribution in [1.29, 1.82) is 0 Å². The van der Waals surface area contributed by atoms with Crippen molar-refractivity contribution in [3.8, 4) is 0 Å². The van der Waals surface area contributed by atoms with Crippen LogP contribution in [0.2, 0.25) is 0 Å². The highest BCUT2D eigenvalue weighted by Crippen LogP contribution is 2.23. The van der Waals surface area contributed by atoms with Gasteiger partial charge in [-0.25, -0.2) is 4.39 Å². The lowest BCUT2D eigenvalue weighted by Crippen LogP contribution is -2.60. The number of hydrogen-bond donors (Lipinski definition) is 4. The molecule has 0 radical (unpaired) electrons. The van der Waals surface area contributed by atoms with Gasteiger partial charge in [0.1, 0.15) is 31.0 Å². The summed E-state index contributed by atoms with van der Waals surface area (Å²) < 4.78 is 22.5. The summed E-state index contributed by atoms with van der Waals surface area (Å²) in [4.78, 5) is 10.5. The van der Waals surface area contributed by atoms with Crippen molar-refractivity contribution in [2.75, 3.05) is 6.61 Å². The minimum Gasteiger partial charge on any atom is -0.463 e. The lowest BCUT2D eigenvalue weighted by molar-refractivity contribution is -0.293. The molecule has 1 fully saturated rings. The quantitative estimate of drug-likeness (QED) is 0.418. The van der Waals surface area contributed by atoms with Crippen molar-refractivity contribution in [3.63, 3.8) is 0 Å². The van der Waals surface area contributed by atoms with E-state index in [-0.39, 0.29) is 0 Å². The van der Waals surface area contributed by atoms with Crippen LogP contribution in [0, 0.1) is 0 Å². The van der Waals surface area contributed by atoms with Crippen molar-refractivity contribution >= 4 is 5.97 Å². The van der Waals surface area contributed by atoms with E-state index in [0.29, 0.717) is 0 Å². The Hall–Kier alpha value is -0.800. The first-order valence-electron chi connectivity index (χ1n) is 4.99. The summed E-state index contributed by atoms with van der Waals surface area (Å²) in [5, 5.41) is 37.0. The summed E-state index contributed by atoms with van der Waals surface area (Å²) in [6.45, 7) is 0.408. The zero-order valence-electron chi connectivity index (χ0n) is 9.06. The second-order valence-corrected chi connectivity index (χ2v) is 3.78. The second-order valence-electron chi connectivity index (χ2n) is 3.78. The Bertz CT molecular complexity index is 274. The molecule has 1 saturated heterocycles. The Labute approximate surface area is 96.4 Å². The molecule has 6 atom stereocenters. The van der Waals surface area contributed by atoms with Gasteiger partial charge in [-0.05, 0) is 0 Å². The van der Waals surface area contributed by atoms with E-state index in [9.17, 15) is 19.4 Å². The summed E-state index contributed by atoms with van der Waals surface area (Å²) in [5.74, 6) is -0.709. The van der Waals surface area contributed by atoms with Crippen LogP contribution in [0.25, 0.3) is 0 Å². The molecule has 1 aliphatic heterocycles. The first-order chi connectivity index (χ1) is 7.84. The van der Waals surface area contributed by atoms with Crippen molar-refractivity contribution in [2.45, 2.75) is 43.8 Å². The lowest BCUT2D eigenvalue weighted by Gasteiger charge is -2.39. The zero-order chi connectivity index (χ0) is 13.2. The Kier molecular flexibility index (Phi) is 4.78. The van der Waals surface area contributed by atoms with Gasteiger partial charge in [0.2, 0.25) is 0 Å². The van der Waals surface area contributed by atoms with Crippen LogP contribution in [0.15, 0.2) is 0 Å².